The van der Waals surface area contributed by atoms with Crippen LogP contribution in [0.1, 0.15) is 26.7 Å². The summed E-state index contributed by atoms with van der Waals surface area (Å²) in [5.74, 6) is 0.517. The molecule has 2 atom stereocenters. The summed E-state index contributed by atoms with van der Waals surface area (Å²) in [6.07, 6.45) is 1.98. The van der Waals surface area contributed by atoms with Gasteiger partial charge in [-0.25, -0.2) is 12.7 Å². The van der Waals surface area contributed by atoms with E-state index in [9.17, 15) is 8.42 Å². The normalized spacial score (nSPS) is 27.5. The van der Waals surface area contributed by atoms with Gasteiger partial charge >= 0.3 is 0 Å². The van der Waals surface area contributed by atoms with Crippen molar-refractivity contribution in [2.75, 3.05) is 18.8 Å². The first-order chi connectivity index (χ1) is 6.47. The van der Waals surface area contributed by atoms with Crippen LogP contribution in [0.2, 0.25) is 0 Å². The number of sulfonamides is 1. The van der Waals surface area contributed by atoms with Gasteiger partial charge in [0.15, 0.2) is 0 Å². The molecular weight excluding hydrogens is 200 g/mol. The second-order valence-electron chi connectivity index (χ2n) is 4.02. The third-order valence-corrected chi connectivity index (χ3v) is 4.77. The first-order valence-electron chi connectivity index (χ1n) is 5.20. The predicted octanol–water partition coefficient (Wildman–Crippen LogP) is 0.395. The van der Waals surface area contributed by atoms with Gasteiger partial charge in [-0.2, -0.15) is 0 Å². The maximum atomic E-state index is 11.6. The van der Waals surface area contributed by atoms with Crippen molar-refractivity contribution in [3.8, 4) is 0 Å². The Bertz CT molecular complexity index is 275. The quantitative estimate of drug-likeness (QED) is 0.748. The Morgan fingerprint density at radius 3 is 2.71 bits per heavy atom. The molecule has 0 radical (unpaired) electrons. The van der Waals surface area contributed by atoms with E-state index >= 15 is 0 Å². The zero-order valence-corrected chi connectivity index (χ0v) is 9.76. The molecular formula is C9H20N2O2S. The highest BCUT2D eigenvalue weighted by atomic mass is 32.2. The van der Waals surface area contributed by atoms with Crippen molar-refractivity contribution >= 4 is 10.0 Å². The van der Waals surface area contributed by atoms with Crippen molar-refractivity contribution in [2.45, 2.75) is 32.7 Å². The number of rotatable bonds is 3. The molecule has 2 N–H and O–H groups in total. The van der Waals surface area contributed by atoms with E-state index in [2.05, 4.69) is 0 Å². The van der Waals surface area contributed by atoms with Gasteiger partial charge in [0, 0.05) is 19.1 Å². The summed E-state index contributed by atoms with van der Waals surface area (Å²) in [6.45, 7) is 4.91. The van der Waals surface area contributed by atoms with Crippen LogP contribution in [0.25, 0.3) is 0 Å². The Morgan fingerprint density at radius 2 is 2.21 bits per heavy atom. The highest BCUT2D eigenvalue weighted by molar-refractivity contribution is 7.89. The van der Waals surface area contributed by atoms with E-state index in [1.165, 1.54) is 0 Å². The van der Waals surface area contributed by atoms with Crippen LogP contribution in [0, 0.1) is 5.92 Å². The molecule has 1 rings (SSSR count). The lowest BCUT2D eigenvalue weighted by Gasteiger charge is -2.33. The second-order valence-corrected chi connectivity index (χ2v) is 6.28. The Balaban J connectivity index is 2.65. The molecule has 84 valence electrons. The van der Waals surface area contributed by atoms with Gasteiger partial charge in [0.2, 0.25) is 10.0 Å². The minimum Gasteiger partial charge on any atom is -0.328 e. The van der Waals surface area contributed by atoms with E-state index in [-0.39, 0.29) is 11.8 Å². The third kappa shape index (κ3) is 2.68. The lowest BCUT2D eigenvalue weighted by molar-refractivity contribution is 0.243. The maximum Gasteiger partial charge on any atom is 0.213 e. The summed E-state index contributed by atoms with van der Waals surface area (Å²) >= 11 is 0. The van der Waals surface area contributed by atoms with Crippen LogP contribution in [-0.2, 0) is 10.0 Å². The molecule has 0 aromatic carbocycles. The molecule has 1 saturated heterocycles. The standard InChI is InChI=1S/C9H20N2O2S/c1-3-14(12,13)11-6-4-5-9(7-11)8(2)10/h8-9H,3-7,10H2,1-2H3. The fourth-order valence-corrected chi connectivity index (χ4v) is 3.03. The first kappa shape index (κ1) is 11.9. The van der Waals surface area contributed by atoms with Crippen molar-refractivity contribution in [1.82, 2.24) is 4.31 Å². The van der Waals surface area contributed by atoms with Crippen LogP contribution in [0.3, 0.4) is 0 Å². The van der Waals surface area contributed by atoms with Crippen molar-refractivity contribution < 1.29 is 8.42 Å². The van der Waals surface area contributed by atoms with E-state index < -0.39 is 10.0 Å². The van der Waals surface area contributed by atoms with Crippen molar-refractivity contribution in [2.24, 2.45) is 11.7 Å². The average molecular weight is 220 g/mol. The number of hydrogen-bond donors (Lipinski definition) is 1. The first-order valence-corrected chi connectivity index (χ1v) is 6.81. The molecule has 0 bridgehead atoms. The molecule has 1 fully saturated rings. The zero-order valence-electron chi connectivity index (χ0n) is 8.94. The van der Waals surface area contributed by atoms with E-state index in [0.29, 0.717) is 19.0 Å². The summed E-state index contributed by atoms with van der Waals surface area (Å²) in [7, 11) is -3.01. The molecule has 1 aliphatic heterocycles. The van der Waals surface area contributed by atoms with Crippen molar-refractivity contribution in [1.29, 1.82) is 0 Å². The molecule has 4 nitrogen and oxygen atoms in total. The zero-order chi connectivity index (χ0) is 10.8. The van der Waals surface area contributed by atoms with Gasteiger partial charge in [0.05, 0.1) is 5.75 Å². The third-order valence-electron chi connectivity index (χ3n) is 2.92. The van der Waals surface area contributed by atoms with Gasteiger partial charge < -0.3 is 5.73 Å². The number of hydrogen-bond acceptors (Lipinski definition) is 3. The molecule has 0 saturated carbocycles. The summed E-state index contributed by atoms with van der Waals surface area (Å²) in [4.78, 5) is 0. The number of nitrogens with zero attached hydrogens (tertiary/aromatic N) is 1. The molecule has 2 unspecified atom stereocenters. The van der Waals surface area contributed by atoms with Crippen LogP contribution >= 0.6 is 0 Å². The molecule has 14 heavy (non-hydrogen) atoms. The van der Waals surface area contributed by atoms with E-state index in [0.717, 1.165) is 12.8 Å². The van der Waals surface area contributed by atoms with E-state index in [1.54, 1.807) is 11.2 Å². The topological polar surface area (TPSA) is 63.4 Å². The van der Waals surface area contributed by atoms with Crippen LogP contribution in [0.5, 0.6) is 0 Å². The van der Waals surface area contributed by atoms with Gasteiger partial charge in [-0.05, 0) is 32.6 Å². The summed E-state index contributed by atoms with van der Waals surface area (Å²) in [5.41, 5.74) is 5.79. The predicted molar refractivity (Wildman–Crippen MR) is 57.4 cm³/mol. The summed E-state index contributed by atoms with van der Waals surface area (Å²) in [6, 6.07) is 0.0878. The maximum absolute atomic E-state index is 11.6. The molecule has 1 heterocycles. The Labute approximate surface area is 86.5 Å². The number of piperidine rings is 1. The second kappa shape index (κ2) is 4.59. The summed E-state index contributed by atoms with van der Waals surface area (Å²) < 4.78 is 24.8. The SMILES string of the molecule is CCS(=O)(=O)N1CCCC(C(C)N)C1. The molecule has 0 aliphatic carbocycles. The fraction of sp³-hybridized carbons (Fsp3) is 1.00. The van der Waals surface area contributed by atoms with Crippen LogP contribution in [0.4, 0.5) is 0 Å². The van der Waals surface area contributed by atoms with Crippen molar-refractivity contribution in [3.63, 3.8) is 0 Å². The lowest BCUT2D eigenvalue weighted by Crippen LogP contribution is -2.45. The van der Waals surface area contributed by atoms with Gasteiger partial charge in [-0.1, -0.05) is 0 Å². The smallest absolute Gasteiger partial charge is 0.213 e. The Morgan fingerprint density at radius 1 is 1.57 bits per heavy atom. The monoisotopic (exact) mass is 220 g/mol. The van der Waals surface area contributed by atoms with E-state index in [4.69, 9.17) is 5.73 Å². The van der Waals surface area contributed by atoms with Gasteiger partial charge in [-0.3, -0.25) is 0 Å². The minimum atomic E-state index is -3.01. The van der Waals surface area contributed by atoms with Crippen LogP contribution < -0.4 is 5.73 Å². The van der Waals surface area contributed by atoms with Crippen LogP contribution in [-0.4, -0.2) is 37.6 Å². The molecule has 0 spiro atoms. The average Bonchev–Trinajstić information content (AvgIpc) is 2.18. The Kier molecular flexibility index (Phi) is 3.92. The lowest BCUT2D eigenvalue weighted by atomic mass is 9.93. The molecule has 0 aromatic heterocycles. The highest BCUT2D eigenvalue weighted by Crippen LogP contribution is 2.21. The molecule has 0 aromatic rings. The van der Waals surface area contributed by atoms with Crippen molar-refractivity contribution in [3.05, 3.63) is 0 Å². The van der Waals surface area contributed by atoms with Gasteiger partial charge in [-0.15, -0.1) is 0 Å². The largest absolute Gasteiger partial charge is 0.328 e. The fourth-order valence-electron chi connectivity index (χ4n) is 1.84. The molecule has 5 heteroatoms. The highest BCUT2D eigenvalue weighted by Gasteiger charge is 2.28. The molecule has 0 amide bonds. The van der Waals surface area contributed by atoms with Crippen LogP contribution in [0.15, 0.2) is 0 Å². The minimum absolute atomic E-state index is 0.0878. The molecule has 1 aliphatic rings. The summed E-state index contributed by atoms with van der Waals surface area (Å²) in [5, 5.41) is 0. The van der Waals surface area contributed by atoms with Gasteiger partial charge in [0.25, 0.3) is 0 Å². The van der Waals surface area contributed by atoms with E-state index in [1.807, 2.05) is 6.92 Å². The number of nitrogens with two attached hydrogens (primary N) is 1. The Hall–Kier alpha value is -0.130. The van der Waals surface area contributed by atoms with Gasteiger partial charge in [0.1, 0.15) is 0 Å².